The molecule has 3 nitrogen and oxygen atoms in total. The highest BCUT2D eigenvalue weighted by atomic mass is 32.2. The van der Waals surface area contributed by atoms with E-state index in [9.17, 15) is 8.42 Å². The molecule has 0 atom stereocenters. The van der Waals surface area contributed by atoms with Crippen LogP contribution >= 0.6 is 0 Å². The standard InChI is InChI=1S/C19H17NO2S/c1-20(23(21,22)17-12-6-3-7-13-17)19-15-9-8-14-18(19)16-10-4-2-5-11-16/h2-15H,1H3. The van der Waals surface area contributed by atoms with E-state index in [4.69, 9.17) is 0 Å². The second-order valence-electron chi connectivity index (χ2n) is 5.17. The number of rotatable bonds is 4. The second-order valence-corrected chi connectivity index (χ2v) is 7.14. The minimum absolute atomic E-state index is 0.283. The largest absolute Gasteiger partial charge is 0.269 e. The van der Waals surface area contributed by atoms with Gasteiger partial charge in [-0.25, -0.2) is 8.42 Å². The van der Waals surface area contributed by atoms with Gasteiger partial charge in [0.1, 0.15) is 0 Å². The van der Waals surface area contributed by atoms with E-state index in [-0.39, 0.29) is 4.90 Å². The zero-order chi connectivity index (χ0) is 16.3. The van der Waals surface area contributed by atoms with Crippen molar-refractivity contribution in [3.8, 4) is 11.1 Å². The fourth-order valence-corrected chi connectivity index (χ4v) is 3.73. The van der Waals surface area contributed by atoms with Crippen LogP contribution in [0.15, 0.2) is 89.8 Å². The third kappa shape index (κ3) is 2.98. The highest BCUT2D eigenvalue weighted by Crippen LogP contribution is 2.32. The van der Waals surface area contributed by atoms with Crippen molar-refractivity contribution in [1.82, 2.24) is 0 Å². The molecule has 23 heavy (non-hydrogen) atoms. The predicted molar refractivity (Wildman–Crippen MR) is 93.9 cm³/mol. The van der Waals surface area contributed by atoms with Gasteiger partial charge in [0.25, 0.3) is 10.0 Å². The average Bonchev–Trinajstić information content (AvgIpc) is 2.62. The normalized spacial score (nSPS) is 11.2. The van der Waals surface area contributed by atoms with E-state index < -0.39 is 10.0 Å². The van der Waals surface area contributed by atoms with E-state index in [2.05, 4.69) is 0 Å². The van der Waals surface area contributed by atoms with E-state index in [1.807, 2.05) is 54.6 Å². The summed E-state index contributed by atoms with van der Waals surface area (Å²) in [6.45, 7) is 0. The summed E-state index contributed by atoms with van der Waals surface area (Å²) in [5, 5.41) is 0. The first-order chi connectivity index (χ1) is 11.1. The number of hydrogen-bond donors (Lipinski definition) is 0. The molecule has 0 N–H and O–H groups in total. The second kappa shape index (κ2) is 6.26. The Balaban J connectivity index is 2.10. The molecule has 3 aromatic rings. The summed E-state index contributed by atoms with van der Waals surface area (Å²) in [4.78, 5) is 0.283. The van der Waals surface area contributed by atoms with Gasteiger partial charge >= 0.3 is 0 Å². The first-order valence-electron chi connectivity index (χ1n) is 7.29. The third-order valence-corrected chi connectivity index (χ3v) is 5.52. The Labute approximate surface area is 136 Å². The van der Waals surface area contributed by atoms with Crippen molar-refractivity contribution in [1.29, 1.82) is 0 Å². The number of anilines is 1. The van der Waals surface area contributed by atoms with Gasteiger partial charge in [-0.3, -0.25) is 4.31 Å². The number of sulfonamides is 1. The first kappa shape index (κ1) is 15.3. The maximum atomic E-state index is 12.8. The van der Waals surface area contributed by atoms with Gasteiger partial charge in [-0.2, -0.15) is 0 Å². The van der Waals surface area contributed by atoms with E-state index in [1.54, 1.807) is 37.4 Å². The molecule has 4 heteroatoms. The van der Waals surface area contributed by atoms with Crippen molar-refractivity contribution in [2.75, 3.05) is 11.4 Å². The van der Waals surface area contributed by atoms with Crippen LogP contribution in [0.1, 0.15) is 0 Å². The first-order valence-corrected chi connectivity index (χ1v) is 8.73. The fraction of sp³-hybridized carbons (Fsp3) is 0.0526. The summed E-state index contributed by atoms with van der Waals surface area (Å²) in [6.07, 6.45) is 0. The third-order valence-electron chi connectivity index (χ3n) is 3.73. The van der Waals surface area contributed by atoms with Crippen LogP contribution in [0, 0.1) is 0 Å². The monoisotopic (exact) mass is 323 g/mol. The van der Waals surface area contributed by atoms with Gasteiger partial charge in [0.15, 0.2) is 0 Å². The Morgan fingerprint density at radius 3 is 1.87 bits per heavy atom. The molecule has 0 radical (unpaired) electrons. The molecule has 3 aromatic carbocycles. The van der Waals surface area contributed by atoms with Gasteiger partial charge < -0.3 is 0 Å². The van der Waals surface area contributed by atoms with Gasteiger partial charge in [0, 0.05) is 12.6 Å². The van der Waals surface area contributed by atoms with Gasteiger partial charge in [-0.05, 0) is 23.8 Å². The Kier molecular flexibility index (Phi) is 4.17. The molecule has 116 valence electrons. The fourth-order valence-electron chi connectivity index (χ4n) is 2.49. The lowest BCUT2D eigenvalue weighted by atomic mass is 10.0. The van der Waals surface area contributed by atoms with E-state index in [1.165, 1.54) is 4.31 Å². The van der Waals surface area contributed by atoms with Crippen LogP contribution in [0.25, 0.3) is 11.1 Å². The molecule has 0 unspecified atom stereocenters. The summed E-state index contributed by atoms with van der Waals surface area (Å²) in [6, 6.07) is 25.8. The Morgan fingerprint density at radius 1 is 0.696 bits per heavy atom. The van der Waals surface area contributed by atoms with Crippen LogP contribution in [0.4, 0.5) is 5.69 Å². The van der Waals surface area contributed by atoms with E-state index in [0.29, 0.717) is 5.69 Å². The van der Waals surface area contributed by atoms with E-state index in [0.717, 1.165) is 11.1 Å². The van der Waals surface area contributed by atoms with E-state index >= 15 is 0 Å². The Morgan fingerprint density at radius 2 is 1.22 bits per heavy atom. The molecule has 0 bridgehead atoms. The van der Waals surface area contributed by atoms with Crippen molar-refractivity contribution >= 4 is 15.7 Å². The maximum Gasteiger partial charge on any atom is 0.264 e. The lowest BCUT2D eigenvalue weighted by molar-refractivity contribution is 0.594. The number of hydrogen-bond acceptors (Lipinski definition) is 2. The van der Waals surface area contributed by atoms with Crippen molar-refractivity contribution in [2.45, 2.75) is 4.90 Å². The number of para-hydroxylation sites is 1. The molecule has 0 saturated carbocycles. The molecule has 0 amide bonds. The molecular weight excluding hydrogens is 306 g/mol. The number of benzene rings is 3. The molecule has 3 rings (SSSR count). The maximum absolute atomic E-state index is 12.8. The van der Waals surface area contributed by atoms with Crippen molar-refractivity contribution < 1.29 is 8.42 Å². The average molecular weight is 323 g/mol. The molecule has 0 aliphatic rings. The predicted octanol–water partition coefficient (Wildman–Crippen LogP) is 4.18. The molecular formula is C19H17NO2S. The summed E-state index contributed by atoms with van der Waals surface area (Å²) >= 11 is 0. The highest BCUT2D eigenvalue weighted by Gasteiger charge is 2.23. The Bertz CT molecular complexity index is 891. The van der Waals surface area contributed by atoms with Crippen molar-refractivity contribution in [2.24, 2.45) is 0 Å². The quantitative estimate of drug-likeness (QED) is 0.722. The minimum atomic E-state index is -3.59. The van der Waals surface area contributed by atoms with Crippen LogP contribution in [-0.4, -0.2) is 15.5 Å². The van der Waals surface area contributed by atoms with Gasteiger partial charge in [0.2, 0.25) is 0 Å². The van der Waals surface area contributed by atoms with Crippen molar-refractivity contribution in [3.05, 3.63) is 84.9 Å². The van der Waals surface area contributed by atoms with Gasteiger partial charge in [-0.15, -0.1) is 0 Å². The van der Waals surface area contributed by atoms with Gasteiger partial charge in [-0.1, -0.05) is 66.7 Å². The minimum Gasteiger partial charge on any atom is -0.269 e. The highest BCUT2D eigenvalue weighted by molar-refractivity contribution is 7.92. The zero-order valence-corrected chi connectivity index (χ0v) is 13.6. The number of nitrogens with zero attached hydrogens (tertiary/aromatic N) is 1. The Hall–Kier alpha value is -2.59. The SMILES string of the molecule is CN(c1ccccc1-c1ccccc1)S(=O)(=O)c1ccccc1. The smallest absolute Gasteiger partial charge is 0.264 e. The molecule has 0 fully saturated rings. The molecule has 0 aromatic heterocycles. The molecule has 0 aliphatic heterocycles. The molecule has 0 heterocycles. The summed E-state index contributed by atoms with van der Waals surface area (Å²) in [5.41, 5.74) is 2.52. The summed E-state index contributed by atoms with van der Waals surface area (Å²) < 4.78 is 27.0. The summed E-state index contributed by atoms with van der Waals surface area (Å²) in [5.74, 6) is 0. The van der Waals surface area contributed by atoms with Crippen molar-refractivity contribution in [3.63, 3.8) is 0 Å². The molecule has 0 spiro atoms. The van der Waals surface area contributed by atoms with Crippen LogP contribution in [0.3, 0.4) is 0 Å². The summed E-state index contributed by atoms with van der Waals surface area (Å²) in [7, 11) is -2.00. The lowest BCUT2D eigenvalue weighted by Crippen LogP contribution is -2.27. The topological polar surface area (TPSA) is 37.4 Å². The van der Waals surface area contributed by atoms with Crippen LogP contribution in [-0.2, 0) is 10.0 Å². The molecule has 0 aliphatic carbocycles. The van der Waals surface area contributed by atoms with Crippen LogP contribution in [0.2, 0.25) is 0 Å². The molecule has 0 saturated heterocycles. The lowest BCUT2D eigenvalue weighted by Gasteiger charge is -2.22. The van der Waals surface area contributed by atoms with Crippen LogP contribution < -0.4 is 4.31 Å². The van der Waals surface area contributed by atoms with Crippen LogP contribution in [0.5, 0.6) is 0 Å². The van der Waals surface area contributed by atoms with Gasteiger partial charge in [0.05, 0.1) is 10.6 Å². The zero-order valence-electron chi connectivity index (χ0n) is 12.8.